The SMILES string of the molecule is COC(CN)C(=O)NCc1ccc(CN2CCOCC2)cc1.Cl.Cl. The van der Waals surface area contributed by atoms with E-state index in [0.29, 0.717) is 6.54 Å². The van der Waals surface area contributed by atoms with Crippen molar-refractivity contribution in [1.82, 2.24) is 10.2 Å². The van der Waals surface area contributed by atoms with Gasteiger partial charge >= 0.3 is 0 Å². The quantitative estimate of drug-likeness (QED) is 0.737. The van der Waals surface area contributed by atoms with Gasteiger partial charge in [0, 0.05) is 39.8 Å². The predicted molar refractivity (Wildman–Crippen MR) is 98.7 cm³/mol. The number of rotatable bonds is 7. The molecule has 1 atom stereocenters. The molecule has 24 heavy (non-hydrogen) atoms. The number of halogens is 2. The monoisotopic (exact) mass is 379 g/mol. The first-order chi connectivity index (χ1) is 10.7. The Morgan fingerprint density at radius 3 is 2.38 bits per heavy atom. The molecule has 8 heteroatoms. The number of hydrogen-bond donors (Lipinski definition) is 2. The van der Waals surface area contributed by atoms with Crippen LogP contribution in [-0.4, -0.2) is 56.9 Å². The number of nitrogens with one attached hydrogen (secondary N) is 1. The average molecular weight is 380 g/mol. The standard InChI is InChI=1S/C16H25N3O3.2ClH/c1-21-15(10-17)16(20)18-11-13-2-4-14(5-3-13)12-19-6-8-22-9-7-19;;/h2-5,15H,6-12,17H2,1H3,(H,18,20);2*1H. The molecule has 2 rings (SSSR count). The number of methoxy groups -OCH3 is 1. The molecule has 0 aliphatic carbocycles. The average Bonchev–Trinajstić information content (AvgIpc) is 2.56. The summed E-state index contributed by atoms with van der Waals surface area (Å²) in [6.07, 6.45) is -0.583. The van der Waals surface area contributed by atoms with Crippen LogP contribution in [0.2, 0.25) is 0 Å². The molecular weight excluding hydrogens is 353 g/mol. The maximum absolute atomic E-state index is 11.8. The number of carbonyl (C=O) groups excluding carboxylic acids is 1. The van der Waals surface area contributed by atoms with Crippen molar-refractivity contribution in [3.8, 4) is 0 Å². The second kappa shape index (κ2) is 12.5. The number of ether oxygens (including phenoxy) is 2. The molecule has 0 spiro atoms. The van der Waals surface area contributed by atoms with Gasteiger partial charge in [-0.15, -0.1) is 24.8 Å². The number of nitrogens with two attached hydrogens (primary N) is 1. The van der Waals surface area contributed by atoms with Crippen LogP contribution in [0.15, 0.2) is 24.3 Å². The zero-order chi connectivity index (χ0) is 15.8. The lowest BCUT2D eigenvalue weighted by atomic mass is 10.1. The van der Waals surface area contributed by atoms with E-state index < -0.39 is 6.10 Å². The normalized spacial score (nSPS) is 15.8. The Morgan fingerprint density at radius 2 is 1.83 bits per heavy atom. The molecule has 0 radical (unpaired) electrons. The summed E-state index contributed by atoms with van der Waals surface area (Å²) >= 11 is 0. The molecule has 0 aromatic heterocycles. The molecule has 1 unspecified atom stereocenters. The van der Waals surface area contributed by atoms with E-state index in [1.807, 2.05) is 12.1 Å². The molecule has 1 amide bonds. The highest BCUT2D eigenvalue weighted by Crippen LogP contribution is 2.09. The molecule has 0 saturated carbocycles. The van der Waals surface area contributed by atoms with Gasteiger partial charge < -0.3 is 20.5 Å². The minimum absolute atomic E-state index is 0. The van der Waals surface area contributed by atoms with Gasteiger partial charge in [-0.3, -0.25) is 9.69 Å². The van der Waals surface area contributed by atoms with E-state index in [4.69, 9.17) is 15.2 Å². The largest absolute Gasteiger partial charge is 0.379 e. The summed E-state index contributed by atoms with van der Waals surface area (Å²) in [7, 11) is 1.48. The Kier molecular flexibility index (Phi) is 12.0. The van der Waals surface area contributed by atoms with Crippen LogP contribution in [0.1, 0.15) is 11.1 Å². The third-order valence-corrected chi connectivity index (χ3v) is 3.79. The second-order valence-electron chi connectivity index (χ2n) is 5.38. The highest BCUT2D eigenvalue weighted by Gasteiger charge is 2.15. The molecular formula is C16H27Cl2N3O3. The number of benzene rings is 1. The maximum Gasteiger partial charge on any atom is 0.250 e. The van der Waals surface area contributed by atoms with Crippen LogP contribution in [0.4, 0.5) is 0 Å². The summed E-state index contributed by atoms with van der Waals surface area (Å²) in [6, 6.07) is 8.29. The van der Waals surface area contributed by atoms with Gasteiger partial charge in [0.2, 0.25) is 0 Å². The summed E-state index contributed by atoms with van der Waals surface area (Å²) in [5.74, 6) is -0.178. The van der Waals surface area contributed by atoms with Crippen molar-refractivity contribution in [1.29, 1.82) is 0 Å². The van der Waals surface area contributed by atoms with Crippen molar-refractivity contribution < 1.29 is 14.3 Å². The van der Waals surface area contributed by atoms with Crippen LogP contribution in [0.5, 0.6) is 0 Å². The van der Waals surface area contributed by atoms with Gasteiger partial charge in [-0.25, -0.2) is 0 Å². The van der Waals surface area contributed by atoms with E-state index in [0.717, 1.165) is 38.4 Å². The third-order valence-electron chi connectivity index (χ3n) is 3.79. The molecule has 1 aliphatic heterocycles. The molecule has 1 aromatic rings. The smallest absolute Gasteiger partial charge is 0.250 e. The molecule has 3 N–H and O–H groups in total. The Bertz CT molecular complexity index is 464. The van der Waals surface area contributed by atoms with E-state index in [1.54, 1.807) is 0 Å². The Labute approximate surface area is 155 Å². The molecule has 1 aliphatic rings. The van der Waals surface area contributed by atoms with Crippen LogP contribution < -0.4 is 11.1 Å². The highest BCUT2D eigenvalue weighted by molar-refractivity contribution is 5.85. The maximum atomic E-state index is 11.8. The molecule has 1 aromatic carbocycles. The van der Waals surface area contributed by atoms with Gasteiger partial charge in [-0.05, 0) is 11.1 Å². The fourth-order valence-electron chi connectivity index (χ4n) is 2.39. The minimum Gasteiger partial charge on any atom is -0.379 e. The molecule has 1 saturated heterocycles. The Balaban J connectivity index is 0.00000264. The molecule has 0 bridgehead atoms. The number of morpholine rings is 1. The van der Waals surface area contributed by atoms with Crippen molar-refractivity contribution in [2.24, 2.45) is 5.73 Å². The van der Waals surface area contributed by atoms with Gasteiger partial charge in [0.05, 0.1) is 13.2 Å². The van der Waals surface area contributed by atoms with Gasteiger partial charge in [0.15, 0.2) is 0 Å². The van der Waals surface area contributed by atoms with Crippen LogP contribution >= 0.6 is 24.8 Å². The van der Waals surface area contributed by atoms with Crippen molar-refractivity contribution in [2.45, 2.75) is 19.2 Å². The lowest BCUT2D eigenvalue weighted by Gasteiger charge is -2.26. The lowest BCUT2D eigenvalue weighted by Crippen LogP contribution is -2.40. The van der Waals surface area contributed by atoms with Gasteiger partial charge in [0.25, 0.3) is 5.91 Å². The van der Waals surface area contributed by atoms with E-state index >= 15 is 0 Å². The topological polar surface area (TPSA) is 76.8 Å². The fourth-order valence-corrected chi connectivity index (χ4v) is 2.39. The van der Waals surface area contributed by atoms with Gasteiger partial charge in [0.1, 0.15) is 6.10 Å². The van der Waals surface area contributed by atoms with Crippen molar-refractivity contribution in [3.63, 3.8) is 0 Å². The van der Waals surface area contributed by atoms with E-state index in [-0.39, 0.29) is 37.3 Å². The number of amides is 1. The Morgan fingerprint density at radius 1 is 1.25 bits per heavy atom. The summed E-state index contributed by atoms with van der Waals surface area (Å²) in [4.78, 5) is 14.2. The first-order valence-corrected chi connectivity index (χ1v) is 7.61. The predicted octanol–water partition coefficient (Wildman–Crippen LogP) is 0.952. The number of carbonyl (C=O) groups is 1. The summed E-state index contributed by atoms with van der Waals surface area (Å²) < 4.78 is 10.3. The minimum atomic E-state index is -0.583. The molecule has 1 heterocycles. The van der Waals surface area contributed by atoms with E-state index in [9.17, 15) is 4.79 Å². The van der Waals surface area contributed by atoms with E-state index in [2.05, 4.69) is 22.3 Å². The van der Waals surface area contributed by atoms with Gasteiger partial charge in [-0.2, -0.15) is 0 Å². The fraction of sp³-hybridized carbons (Fsp3) is 0.562. The Hall–Kier alpha value is -0.890. The highest BCUT2D eigenvalue weighted by atomic mass is 35.5. The van der Waals surface area contributed by atoms with Crippen molar-refractivity contribution >= 4 is 30.7 Å². The van der Waals surface area contributed by atoms with Crippen molar-refractivity contribution in [3.05, 3.63) is 35.4 Å². The first-order valence-electron chi connectivity index (χ1n) is 7.61. The molecule has 6 nitrogen and oxygen atoms in total. The van der Waals surface area contributed by atoms with Crippen LogP contribution in [-0.2, 0) is 27.4 Å². The number of hydrogen-bond acceptors (Lipinski definition) is 5. The van der Waals surface area contributed by atoms with E-state index in [1.165, 1.54) is 12.7 Å². The molecule has 1 fully saturated rings. The van der Waals surface area contributed by atoms with Gasteiger partial charge in [-0.1, -0.05) is 24.3 Å². The second-order valence-corrected chi connectivity index (χ2v) is 5.38. The lowest BCUT2D eigenvalue weighted by molar-refractivity contribution is -0.130. The van der Waals surface area contributed by atoms with Crippen LogP contribution in [0.25, 0.3) is 0 Å². The summed E-state index contributed by atoms with van der Waals surface area (Å²) in [5.41, 5.74) is 7.80. The zero-order valence-electron chi connectivity index (χ0n) is 13.9. The third kappa shape index (κ3) is 7.34. The molecule has 138 valence electrons. The van der Waals surface area contributed by atoms with Crippen molar-refractivity contribution in [2.75, 3.05) is 40.0 Å². The van der Waals surface area contributed by atoms with Crippen LogP contribution in [0, 0.1) is 0 Å². The zero-order valence-corrected chi connectivity index (χ0v) is 15.5. The number of nitrogens with zero attached hydrogens (tertiary/aromatic N) is 1. The van der Waals surface area contributed by atoms with Crippen LogP contribution in [0.3, 0.4) is 0 Å². The summed E-state index contributed by atoms with van der Waals surface area (Å²) in [5, 5.41) is 2.83. The summed E-state index contributed by atoms with van der Waals surface area (Å²) in [6.45, 7) is 5.19. The first kappa shape index (κ1) is 23.1.